The molecule has 18 heavy (non-hydrogen) atoms. The molecule has 1 aromatic heterocycles. The van der Waals surface area contributed by atoms with Gasteiger partial charge in [0.1, 0.15) is 5.82 Å². The maximum atomic E-state index is 11.2. The smallest absolute Gasteiger partial charge is 0.307 e. The minimum atomic E-state index is -0.511. The minimum absolute atomic E-state index is 0.238. The quantitative estimate of drug-likeness (QED) is 0.747. The number of nitrogens with two attached hydrogens (primary N) is 1. The van der Waals surface area contributed by atoms with Gasteiger partial charge in [-0.05, 0) is 19.1 Å². The Balaban J connectivity index is 2.53. The average Bonchev–Trinajstić information content (AvgIpc) is 2.36. The Morgan fingerprint density at radius 1 is 1.44 bits per heavy atom. The molecular weight excluding hydrogens is 234 g/mol. The molecule has 0 saturated carbocycles. The van der Waals surface area contributed by atoms with Crippen LogP contribution in [0.5, 0.6) is 0 Å². The fourth-order valence-corrected chi connectivity index (χ4v) is 1.36. The van der Waals surface area contributed by atoms with Crippen molar-refractivity contribution in [3.8, 4) is 0 Å². The molecule has 98 valence electrons. The summed E-state index contributed by atoms with van der Waals surface area (Å²) in [5.41, 5.74) is 5.48. The van der Waals surface area contributed by atoms with Crippen molar-refractivity contribution < 1.29 is 14.3 Å². The molecule has 0 radical (unpaired) electrons. The van der Waals surface area contributed by atoms with Crippen LogP contribution in [0.1, 0.15) is 23.7 Å². The van der Waals surface area contributed by atoms with Crippen LogP contribution in [0, 0.1) is 0 Å². The lowest BCUT2D eigenvalue weighted by atomic mass is 10.2. The highest BCUT2D eigenvalue weighted by molar-refractivity contribution is 5.92. The number of primary amides is 1. The lowest BCUT2D eigenvalue weighted by Crippen LogP contribution is -2.23. The Labute approximate surface area is 106 Å². The van der Waals surface area contributed by atoms with Crippen LogP contribution in [0.4, 0.5) is 5.82 Å². The van der Waals surface area contributed by atoms with Crippen LogP contribution in [0.25, 0.3) is 0 Å². The number of hydrogen-bond donors (Lipinski definition) is 1. The molecule has 1 heterocycles. The van der Waals surface area contributed by atoms with Crippen LogP contribution in [0.15, 0.2) is 18.3 Å². The number of hydrogen-bond acceptors (Lipinski definition) is 5. The Morgan fingerprint density at radius 3 is 2.67 bits per heavy atom. The van der Waals surface area contributed by atoms with E-state index >= 15 is 0 Å². The van der Waals surface area contributed by atoms with E-state index in [9.17, 15) is 9.59 Å². The predicted octanol–water partition coefficient (Wildman–Crippen LogP) is 0.570. The van der Waals surface area contributed by atoms with Crippen molar-refractivity contribution in [1.29, 1.82) is 0 Å². The molecule has 2 N–H and O–H groups in total. The zero-order valence-electron chi connectivity index (χ0n) is 10.5. The SMILES string of the molecule is CCOC(=O)CCN(C)c1ccc(C(N)=O)cn1. The summed E-state index contributed by atoms with van der Waals surface area (Å²) in [6, 6.07) is 3.29. The second kappa shape index (κ2) is 6.58. The Bertz CT molecular complexity index is 417. The molecule has 0 bridgehead atoms. The highest BCUT2D eigenvalue weighted by Crippen LogP contribution is 2.09. The fourth-order valence-electron chi connectivity index (χ4n) is 1.36. The monoisotopic (exact) mass is 251 g/mol. The van der Waals surface area contributed by atoms with Gasteiger partial charge in [-0.15, -0.1) is 0 Å². The zero-order chi connectivity index (χ0) is 13.5. The van der Waals surface area contributed by atoms with Crippen molar-refractivity contribution in [2.45, 2.75) is 13.3 Å². The normalized spacial score (nSPS) is 9.89. The van der Waals surface area contributed by atoms with Crippen LogP contribution in [-0.4, -0.2) is 37.1 Å². The predicted molar refractivity (Wildman–Crippen MR) is 67.3 cm³/mol. The molecule has 0 aromatic carbocycles. The molecule has 0 unspecified atom stereocenters. The van der Waals surface area contributed by atoms with Crippen LogP contribution in [0.2, 0.25) is 0 Å². The number of carbonyl (C=O) groups is 2. The molecule has 1 aromatic rings. The first-order valence-electron chi connectivity index (χ1n) is 5.67. The summed E-state index contributed by atoms with van der Waals surface area (Å²) in [6.45, 7) is 2.65. The highest BCUT2D eigenvalue weighted by atomic mass is 16.5. The van der Waals surface area contributed by atoms with Gasteiger partial charge in [-0.3, -0.25) is 9.59 Å². The number of anilines is 1. The van der Waals surface area contributed by atoms with Crippen molar-refractivity contribution in [1.82, 2.24) is 4.98 Å². The number of esters is 1. The molecule has 0 aliphatic rings. The second-order valence-corrected chi connectivity index (χ2v) is 3.75. The van der Waals surface area contributed by atoms with Gasteiger partial charge in [-0.2, -0.15) is 0 Å². The molecule has 0 saturated heterocycles. The van der Waals surface area contributed by atoms with Gasteiger partial charge in [-0.25, -0.2) is 4.98 Å². The molecule has 6 nitrogen and oxygen atoms in total. The molecule has 1 rings (SSSR count). The maximum Gasteiger partial charge on any atom is 0.307 e. The van der Waals surface area contributed by atoms with Crippen molar-refractivity contribution in [2.24, 2.45) is 5.73 Å². The molecule has 1 amide bonds. The van der Waals surface area contributed by atoms with Crippen molar-refractivity contribution in [2.75, 3.05) is 25.1 Å². The van der Waals surface area contributed by atoms with Crippen LogP contribution < -0.4 is 10.6 Å². The summed E-state index contributed by atoms with van der Waals surface area (Å²) >= 11 is 0. The molecule has 6 heteroatoms. The molecule has 0 spiro atoms. The summed E-state index contributed by atoms with van der Waals surface area (Å²) in [4.78, 5) is 28.0. The largest absolute Gasteiger partial charge is 0.466 e. The lowest BCUT2D eigenvalue weighted by Gasteiger charge is -2.17. The van der Waals surface area contributed by atoms with E-state index in [1.165, 1.54) is 6.20 Å². The van der Waals surface area contributed by atoms with Gasteiger partial charge in [0.2, 0.25) is 5.91 Å². The third-order valence-electron chi connectivity index (χ3n) is 2.38. The van der Waals surface area contributed by atoms with E-state index in [0.29, 0.717) is 31.0 Å². The van der Waals surface area contributed by atoms with Gasteiger partial charge in [-0.1, -0.05) is 0 Å². The van der Waals surface area contributed by atoms with E-state index in [0.717, 1.165) is 0 Å². The number of pyridine rings is 1. The number of nitrogens with zero attached hydrogens (tertiary/aromatic N) is 2. The Hall–Kier alpha value is -2.11. The first kappa shape index (κ1) is 14.0. The zero-order valence-corrected chi connectivity index (χ0v) is 10.5. The Morgan fingerprint density at radius 2 is 2.17 bits per heavy atom. The number of rotatable bonds is 6. The van der Waals surface area contributed by atoms with Crippen LogP contribution >= 0.6 is 0 Å². The van der Waals surface area contributed by atoms with E-state index in [1.807, 2.05) is 11.9 Å². The van der Waals surface area contributed by atoms with Gasteiger partial charge < -0.3 is 15.4 Å². The maximum absolute atomic E-state index is 11.2. The van der Waals surface area contributed by atoms with Gasteiger partial charge >= 0.3 is 5.97 Å². The summed E-state index contributed by atoms with van der Waals surface area (Å²) in [6.07, 6.45) is 1.71. The van der Waals surface area contributed by atoms with Crippen LogP contribution in [-0.2, 0) is 9.53 Å². The lowest BCUT2D eigenvalue weighted by molar-refractivity contribution is -0.142. The van der Waals surface area contributed by atoms with E-state index in [1.54, 1.807) is 19.1 Å². The summed E-state index contributed by atoms with van der Waals surface area (Å²) in [5.74, 6) is -0.0781. The highest BCUT2D eigenvalue weighted by Gasteiger charge is 2.08. The number of amides is 1. The van der Waals surface area contributed by atoms with Crippen LogP contribution in [0.3, 0.4) is 0 Å². The van der Waals surface area contributed by atoms with Gasteiger partial charge in [0.25, 0.3) is 0 Å². The van der Waals surface area contributed by atoms with E-state index < -0.39 is 5.91 Å². The summed E-state index contributed by atoms with van der Waals surface area (Å²) in [5, 5.41) is 0. The number of carbonyl (C=O) groups excluding carboxylic acids is 2. The van der Waals surface area contributed by atoms with E-state index in [2.05, 4.69) is 4.98 Å². The molecule has 0 fully saturated rings. The van der Waals surface area contributed by atoms with Crippen molar-refractivity contribution in [3.63, 3.8) is 0 Å². The number of ether oxygens (including phenoxy) is 1. The summed E-state index contributed by atoms with van der Waals surface area (Å²) in [7, 11) is 1.81. The summed E-state index contributed by atoms with van der Waals surface area (Å²) < 4.78 is 4.83. The standard InChI is InChI=1S/C12H17N3O3/c1-3-18-11(16)6-7-15(2)10-5-4-9(8-14-10)12(13)17/h4-5,8H,3,6-7H2,1-2H3,(H2,13,17). The first-order chi connectivity index (χ1) is 8.54. The van der Waals surface area contributed by atoms with E-state index in [4.69, 9.17) is 10.5 Å². The topological polar surface area (TPSA) is 85.5 Å². The molecule has 0 aliphatic heterocycles. The third kappa shape index (κ3) is 4.04. The Kier molecular flexibility index (Phi) is 5.10. The third-order valence-corrected chi connectivity index (χ3v) is 2.38. The molecular formula is C12H17N3O3. The van der Waals surface area contributed by atoms with Crippen molar-refractivity contribution >= 4 is 17.7 Å². The first-order valence-corrected chi connectivity index (χ1v) is 5.67. The van der Waals surface area contributed by atoms with Gasteiger partial charge in [0.15, 0.2) is 0 Å². The number of aromatic nitrogens is 1. The fraction of sp³-hybridized carbons (Fsp3) is 0.417. The minimum Gasteiger partial charge on any atom is -0.466 e. The molecule has 0 atom stereocenters. The van der Waals surface area contributed by atoms with E-state index in [-0.39, 0.29) is 5.97 Å². The average molecular weight is 251 g/mol. The second-order valence-electron chi connectivity index (χ2n) is 3.75. The molecule has 0 aliphatic carbocycles. The van der Waals surface area contributed by atoms with Gasteiger partial charge in [0, 0.05) is 19.8 Å². The van der Waals surface area contributed by atoms with Crippen molar-refractivity contribution in [3.05, 3.63) is 23.9 Å². The van der Waals surface area contributed by atoms with Gasteiger partial charge in [0.05, 0.1) is 18.6 Å².